The lowest BCUT2D eigenvalue weighted by atomic mass is 9.95. The molecule has 9 saturated heterocycles. The maximum atomic E-state index is 12.4. The van der Waals surface area contributed by atoms with E-state index < -0.39 is 342 Å². The fourth-order valence-electron chi connectivity index (χ4n) is 13.1. The molecule has 0 bridgehead atoms. The summed E-state index contributed by atoms with van der Waals surface area (Å²) in [4.78, 5) is 12.3. The van der Waals surface area contributed by atoms with Gasteiger partial charge in [0.1, 0.15) is 220 Å². The molecule has 0 radical (unpaired) electrons. The molecule has 45 atom stereocenters. The second-order valence-electron chi connectivity index (χ2n) is 26.0. The van der Waals surface area contributed by atoms with Crippen LogP contribution in [0, 0.1) is 0 Å². The molecule has 9 rings (SSSR count). The Morgan fingerprint density at radius 1 is 0.252 bits per heavy atom. The predicted molar refractivity (Wildman–Crippen MR) is 309 cm³/mol. The Kier molecular flexibility index (Phi) is 30.2. The largest absolute Gasteiger partial charge is 0.394 e. The summed E-state index contributed by atoms with van der Waals surface area (Å²) >= 11 is 0. The molecule has 1 amide bonds. The minimum absolute atomic E-state index is 0.849. The average molecular weight is 1520 g/mol. The summed E-state index contributed by atoms with van der Waals surface area (Å²) in [7, 11) is 0. The zero-order valence-electron chi connectivity index (χ0n) is 54.2. The predicted octanol–water partition coefficient (Wildman–Crippen LogP) is -20.5. The van der Waals surface area contributed by atoms with Gasteiger partial charge in [0.15, 0.2) is 56.6 Å². The second-order valence-corrected chi connectivity index (χ2v) is 26.0. The number of nitrogens with one attached hydrogen (secondary N) is 1. The molecule has 0 spiro atoms. The number of hydrogen-bond acceptors (Lipinski definition) is 46. The van der Waals surface area contributed by atoms with Crippen molar-refractivity contribution in [3.63, 3.8) is 0 Å². The highest BCUT2D eigenvalue weighted by atomic mass is 16.8. The number of aliphatic hydroxyl groups excluding tert-OH is 28. The molecule has 0 aliphatic carbocycles. The highest BCUT2D eigenvalue weighted by molar-refractivity contribution is 5.73. The molecule has 600 valence electrons. The van der Waals surface area contributed by atoms with Crippen molar-refractivity contribution >= 4 is 5.91 Å². The number of hydrogen-bond donors (Lipinski definition) is 29. The molecule has 9 aliphatic heterocycles. The first-order chi connectivity index (χ1) is 48.8. The number of ether oxygens (including phenoxy) is 17. The van der Waals surface area contributed by atoms with E-state index in [-0.39, 0.29) is 0 Å². The van der Waals surface area contributed by atoms with Gasteiger partial charge in [0, 0.05) is 6.92 Å². The first kappa shape index (κ1) is 84.7. The smallest absolute Gasteiger partial charge is 0.217 e. The average Bonchev–Trinajstić information content (AvgIpc) is 0.776. The number of rotatable bonds is 26. The molecule has 9 heterocycles. The van der Waals surface area contributed by atoms with Crippen molar-refractivity contribution in [2.24, 2.45) is 0 Å². The van der Waals surface area contributed by atoms with Gasteiger partial charge >= 0.3 is 0 Å². The third kappa shape index (κ3) is 18.0. The van der Waals surface area contributed by atoms with Gasteiger partial charge in [0.2, 0.25) is 5.91 Å². The number of carbonyl (C=O) groups is 1. The summed E-state index contributed by atoms with van der Waals surface area (Å²) in [5, 5.41) is 308. The highest BCUT2D eigenvalue weighted by Crippen LogP contribution is 2.39. The summed E-state index contributed by atoms with van der Waals surface area (Å²) in [6.07, 6.45) is -93.5. The number of carbonyl (C=O) groups excluding carboxylic acids is 1. The van der Waals surface area contributed by atoms with Gasteiger partial charge in [-0.3, -0.25) is 4.79 Å². The molecule has 9 aliphatic rings. The van der Waals surface area contributed by atoms with Crippen molar-refractivity contribution in [3.8, 4) is 0 Å². The van der Waals surface area contributed by atoms with Gasteiger partial charge in [0.25, 0.3) is 0 Å². The Labute approximate surface area is 581 Å². The lowest BCUT2D eigenvalue weighted by Crippen LogP contribution is -2.69. The van der Waals surface area contributed by atoms with Crippen LogP contribution in [-0.4, -0.2) is 485 Å². The Bertz CT molecular complexity index is 2580. The van der Waals surface area contributed by atoms with E-state index in [9.17, 15) is 148 Å². The molecule has 103 heavy (non-hydrogen) atoms. The fourth-order valence-corrected chi connectivity index (χ4v) is 13.1. The molecule has 47 heteroatoms. The molecule has 9 fully saturated rings. The van der Waals surface area contributed by atoms with E-state index in [4.69, 9.17) is 80.5 Å². The second kappa shape index (κ2) is 36.7. The van der Waals surface area contributed by atoms with Gasteiger partial charge in [-0.25, -0.2) is 0 Å². The van der Waals surface area contributed by atoms with Crippen molar-refractivity contribution < 1.29 is 228 Å². The Morgan fingerprint density at radius 2 is 0.515 bits per heavy atom. The number of aliphatic hydroxyl groups is 28. The Morgan fingerprint density at radius 3 is 0.864 bits per heavy atom. The minimum atomic E-state index is -2.51. The van der Waals surface area contributed by atoms with Crippen LogP contribution >= 0.6 is 0 Å². The molecule has 0 aromatic carbocycles. The van der Waals surface area contributed by atoms with E-state index in [2.05, 4.69) is 5.32 Å². The fraction of sp³-hybridized carbons (Fsp3) is 0.982. The number of amides is 1. The highest BCUT2D eigenvalue weighted by Gasteiger charge is 2.60. The first-order valence-electron chi connectivity index (χ1n) is 32.7. The van der Waals surface area contributed by atoms with E-state index in [1.807, 2.05) is 0 Å². The molecular formula is C56H95NO46. The van der Waals surface area contributed by atoms with Crippen LogP contribution in [0.4, 0.5) is 0 Å². The summed E-state index contributed by atoms with van der Waals surface area (Å²) in [6, 6.07) is -1.76. The summed E-state index contributed by atoms with van der Waals surface area (Å²) in [6.45, 7) is -8.82. The van der Waals surface area contributed by atoms with Gasteiger partial charge in [-0.1, -0.05) is 0 Å². The molecule has 29 N–H and O–H groups in total. The molecule has 0 saturated carbocycles. The topological polar surface area (TPSA) is 752 Å². The van der Waals surface area contributed by atoms with Gasteiger partial charge < -0.3 is 229 Å². The van der Waals surface area contributed by atoms with E-state index in [0.717, 1.165) is 6.92 Å². The quantitative estimate of drug-likeness (QED) is 0.0382. The summed E-state index contributed by atoms with van der Waals surface area (Å²) in [5.41, 5.74) is 0. The molecular weight excluding hydrogens is 1420 g/mol. The van der Waals surface area contributed by atoms with Crippen molar-refractivity contribution in [1.82, 2.24) is 5.32 Å². The maximum absolute atomic E-state index is 12.4. The molecule has 47 nitrogen and oxygen atoms in total. The third-order valence-electron chi connectivity index (χ3n) is 19.1. The summed E-state index contributed by atoms with van der Waals surface area (Å²) < 4.78 is 98.4. The van der Waals surface area contributed by atoms with Crippen LogP contribution in [0.15, 0.2) is 0 Å². The van der Waals surface area contributed by atoms with Gasteiger partial charge in [-0.2, -0.15) is 0 Å². The monoisotopic (exact) mass is 1520 g/mol. The van der Waals surface area contributed by atoms with E-state index in [0.29, 0.717) is 0 Å². The van der Waals surface area contributed by atoms with E-state index >= 15 is 0 Å². The molecule has 0 unspecified atom stereocenters. The summed E-state index contributed by atoms with van der Waals surface area (Å²) in [5.74, 6) is -0.849. The van der Waals surface area contributed by atoms with Crippen molar-refractivity contribution in [3.05, 3.63) is 0 Å². The van der Waals surface area contributed by atoms with Crippen LogP contribution in [0.1, 0.15) is 6.92 Å². The van der Waals surface area contributed by atoms with Gasteiger partial charge in [-0.05, 0) is 0 Å². The zero-order valence-corrected chi connectivity index (χ0v) is 54.2. The normalized spacial score (nSPS) is 52.4. The van der Waals surface area contributed by atoms with E-state index in [1.54, 1.807) is 0 Å². The SMILES string of the molecule is CC(=O)N[C@@H]1[C@@H](O)[C@H](O[C@@H]2O[C@H](CO[C@H]3O[C@H](CO[C@@H]4O[C@H](CO)[C@@H](O)[C@H](O)[C@@H]4O[C@H]4O[C@H](CO)[C@@H](O)[C@H](O)[C@@H]4O)[C@@H](O)[C@H](O[C@H]4O[C@H](CO)[C@@H](O)[C@H](O)[C@@H]4O[C@H]4O[C@H](CO)[C@@H](O)[C@H](O)[C@@H]4O)[C@@H]3O)[C@@H](O)[C@H](O[C@H]3O[C@H](CO)[C@@H](O)[C@H](O)[C@@H]3O[C@H]3O[C@H](CO)[C@@H](O)[C@H](O)[C@@H]3O)[C@@H]2O)[C@@H](CO)O[C@H]1O. The Hall–Kier alpha value is -2.33. The zero-order chi connectivity index (χ0) is 75.6. The van der Waals surface area contributed by atoms with Crippen LogP contribution in [0.25, 0.3) is 0 Å². The lowest BCUT2D eigenvalue weighted by Gasteiger charge is -2.50. The minimum Gasteiger partial charge on any atom is -0.394 e. The maximum Gasteiger partial charge on any atom is 0.217 e. The van der Waals surface area contributed by atoms with Crippen LogP contribution in [-0.2, 0) is 85.3 Å². The van der Waals surface area contributed by atoms with Crippen molar-refractivity contribution in [2.75, 3.05) is 59.5 Å². The third-order valence-corrected chi connectivity index (χ3v) is 19.1. The van der Waals surface area contributed by atoms with Crippen molar-refractivity contribution in [2.45, 2.75) is 283 Å². The van der Waals surface area contributed by atoms with Gasteiger partial charge in [-0.15, -0.1) is 0 Å². The van der Waals surface area contributed by atoms with E-state index in [1.165, 1.54) is 0 Å². The van der Waals surface area contributed by atoms with Crippen LogP contribution < -0.4 is 5.32 Å². The Balaban J connectivity index is 1.06. The van der Waals surface area contributed by atoms with Crippen LogP contribution in [0.2, 0.25) is 0 Å². The standard InChI is InChI=1S/C56H95NO46/c1-11(65)57-21-30(74)42(18(8-64)89-48(21)86)98-53-41(85)44(100-56-47(36(80)27(71)17(7-63)95-56)103-52-39(83)33(77)24(68)14(4-60)92-52)29(73)20(97-53)9-87-49-40(84)43(99-55-46(35(79)26(70)16(6-62)94-55)102-51-38(82)32(76)23(67)13(3-59)91-51)28(72)19(96-49)10-88-54-45(34(78)25(69)15(5-61)93-54)101-50-37(81)31(75)22(66)12(2-58)90-50/h12-56,58-64,66-86H,2-10H2,1H3,(H,57,65)/t12-,13-,14-,15-,16-,17-,18-,19-,20-,21-,22-,23-,24-,25-,26-,27-,28-,29-,30-,31+,32+,33+,34+,35+,36+,37+,38+,39+,40+,41+,42-,43+,44+,45+,46+,47+,48-,49+,50-,51-,52-,53+,54-,55-,56-/m1/s1. The van der Waals surface area contributed by atoms with Crippen LogP contribution in [0.3, 0.4) is 0 Å². The first-order valence-corrected chi connectivity index (χ1v) is 32.7. The van der Waals surface area contributed by atoms with Crippen molar-refractivity contribution in [1.29, 1.82) is 0 Å². The molecule has 0 aromatic heterocycles. The molecule has 0 aromatic rings. The lowest BCUT2D eigenvalue weighted by molar-refractivity contribution is -0.400. The van der Waals surface area contributed by atoms with Crippen LogP contribution in [0.5, 0.6) is 0 Å². The van der Waals surface area contributed by atoms with Gasteiger partial charge in [0.05, 0.1) is 59.5 Å².